The SMILES string of the molecule is Cc1nc(C(C)(C)C)c2c(Br)cn(C)c2n1. The Morgan fingerprint density at radius 2 is 1.88 bits per heavy atom. The zero-order valence-electron chi connectivity index (χ0n) is 10.3. The van der Waals surface area contributed by atoms with Crippen LogP contribution in [0.2, 0.25) is 0 Å². The minimum atomic E-state index is 0.0236. The van der Waals surface area contributed by atoms with Gasteiger partial charge in [-0.25, -0.2) is 9.97 Å². The van der Waals surface area contributed by atoms with Crippen molar-refractivity contribution in [3.63, 3.8) is 0 Å². The van der Waals surface area contributed by atoms with Gasteiger partial charge < -0.3 is 4.57 Å². The summed E-state index contributed by atoms with van der Waals surface area (Å²) in [4.78, 5) is 9.08. The first-order valence-corrected chi connectivity index (χ1v) is 6.09. The molecule has 2 aromatic heterocycles. The first-order valence-electron chi connectivity index (χ1n) is 5.30. The van der Waals surface area contributed by atoms with Crippen molar-refractivity contribution in [1.82, 2.24) is 14.5 Å². The Morgan fingerprint density at radius 3 is 2.44 bits per heavy atom. The monoisotopic (exact) mass is 281 g/mol. The van der Waals surface area contributed by atoms with E-state index in [1.165, 1.54) is 0 Å². The number of fused-ring (bicyclic) bond motifs is 1. The molecule has 0 atom stereocenters. The van der Waals surface area contributed by atoms with E-state index in [2.05, 4.69) is 46.7 Å². The van der Waals surface area contributed by atoms with Crippen molar-refractivity contribution >= 4 is 27.0 Å². The van der Waals surface area contributed by atoms with Gasteiger partial charge in [0.15, 0.2) is 0 Å². The standard InChI is InChI=1S/C12H16BrN3/c1-7-14-10(12(2,3)4)9-8(13)6-16(5)11(9)15-7/h6H,1-5H3. The third kappa shape index (κ3) is 1.75. The average Bonchev–Trinajstić information content (AvgIpc) is 2.40. The molecule has 0 aliphatic rings. The van der Waals surface area contributed by atoms with Gasteiger partial charge in [-0.3, -0.25) is 0 Å². The van der Waals surface area contributed by atoms with Crippen LogP contribution in [0.15, 0.2) is 10.7 Å². The van der Waals surface area contributed by atoms with Gasteiger partial charge in [-0.1, -0.05) is 20.8 Å². The van der Waals surface area contributed by atoms with Gasteiger partial charge in [0, 0.05) is 23.1 Å². The molecule has 0 spiro atoms. The molecule has 0 aromatic carbocycles. The molecular weight excluding hydrogens is 266 g/mol. The highest BCUT2D eigenvalue weighted by Crippen LogP contribution is 2.33. The van der Waals surface area contributed by atoms with E-state index in [9.17, 15) is 0 Å². The summed E-state index contributed by atoms with van der Waals surface area (Å²) >= 11 is 3.58. The predicted octanol–water partition coefficient (Wildman–Crippen LogP) is 3.34. The molecule has 0 saturated heterocycles. The Kier molecular flexibility index (Phi) is 2.57. The van der Waals surface area contributed by atoms with Gasteiger partial charge in [0.25, 0.3) is 0 Å². The molecule has 86 valence electrons. The van der Waals surface area contributed by atoms with Gasteiger partial charge in [-0.2, -0.15) is 0 Å². The Hall–Kier alpha value is -0.900. The molecule has 0 saturated carbocycles. The summed E-state index contributed by atoms with van der Waals surface area (Å²) in [6.07, 6.45) is 2.04. The van der Waals surface area contributed by atoms with Crippen molar-refractivity contribution in [2.75, 3.05) is 0 Å². The molecule has 0 radical (unpaired) electrons. The van der Waals surface area contributed by atoms with Crippen molar-refractivity contribution in [3.05, 3.63) is 22.2 Å². The fourth-order valence-electron chi connectivity index (χ4n) is 1.87. The van der Waals surface area contributed by atoms with E-state index in [4.69, 9.17) is 0 Å². The maximum Gasteiger partial charge on any atom is 0.144 e. The first-order chi connectivity index (χ1) is 7.30. The molecule has 3 nitrogen and oxygen atoms in total. The van der Waals surface area contributed by atoms with Gasteiger partial charge in [-0.05, 0) is 22.9 Å². The summed E-state index contributed by atoms with van der Waals surface area (Å²) in [5, 5.41) is 1.13. The maximum absolute atomic E-state index is 4.59. The summed E-state index contributed by atoms with van der Waals surface area (Å²) in [5.41, 5.74) is 2.11. The molecule has 16 heavy (non-hydrogen) atoms. The molecule has 4 heteroatoms. The number of hydrogen-bond acceptors (Lipinski definition) is 2. The molecular formula is C12H16BrN3. The molecule has 0 fully saturated rings. The van der Waals surface area contributed by atoms with E-state index in [0.717, 1.165) is 27.0 Å². The van der Waals surface area contributed by atoms with Gasteiger partial charge in [0.2, 0.25) is 0 Å². The second kappa shape index (κ2) is 3.55. The van der Waals surface area contributed by atoms with Crippen molar-refractivity contribution in [1.29, 1.82) is 0 Å². The van der Waals surface area contributed by atoms with Gasteiger partial charge in [0.05, 0.1) is 11.1 Å². The van der Waals surface area contributed by atoms with Crippen molar-refractivity contribution in [3.8, 4) is 0 Å². The van der Waals surface area contributed by atoms with E-state index in [1.54, 1.807) is 0 Å². The van der Waals surface area contributed by atoms with Gasteiger partial charge in [0.1, 0.15) is 11.5 Å². The molecule has 0 aliphatic carbocycles. The van der Waals surface area contributed by atoms with Crippen LogP contribution in [-0.4, -0.2) is 14.5 Å². The number of aryl methyl sites for hydroxylation is 2. The topological polar surface area (TPSA) is 30.7 Å². The van der Waals surface area contributed by atoms with E-state index >= 15 is 0 Å². The summed E-state index contributed by atoms with van der Waals surface area (Å²) in [6.45, 7) is 8.46. The Labute approximate surface area is 104 Å². The largest absolute Gasteiger partial charge is 0.334 e. The number of aromatic nitrogens is 3. The lowest BCUT2D eigenvalue weighted by atomic mass is 9.90. The van der Waals surface area contributed by atoms with Gasteiger partial charge in [-0.15, -0.1) is 0 Å². The Bertz CT molecular complexity index is 549. The molecule has 0 N–H and O–H groups in total. The minimum absolute atomic E-state index is 0.0236. The second-order valence-corrected chi connectivity index (χ2v) is 6.01. The number of rotatable bonds is 0. The highest BCUT2D eigenvalue weighted by molar-refractivity contribution is 9.10. The maximum atomic E-state index is 4.59. The Balaban J connectivity index is 2.92. The van der Waals surface area contributed by atoms with E-state index in [0.29, 0.717) is 0 Å². The van der Waals surface area contributed by atoms with Crippen LogP contribution in [0.1, 0.15) is 32.3 Å². The van der Waals surface area contributed by atoms with Gasteiger partial charge >= 0.3 is 0 Å². The lowest BCUT2D eigenvalue weighted by Gasteiger charge is -2.19. The molecule has 2 aromatic rings. The smallest absolute Gasteiger partial charge is 0.144 e. The van der Waals surface area contributed by atoms with Crippen LogP contribution in [0.25, 0.3) is 11.0 Å². The molecule has 0 aliphatic heterocycles. The molecule has 0 amide bonds. The fraction of sp³-hybridized carbons (Fsp3) is 0.500. The van der Waals surface area contributed by atoms with Crippen LogP contribution in [-0.2, 0) is 12.5 Å². The van der Waals surface area contributed by atoms with Crippen LogP contribution in [0.3, 0.4) is 0 Å². The normalized spacial score (nSPS) is 12.4. The van der Waals surface area contributed by atoms with Crippen LogP contribution < -0.4 is 0 Å². The highest BCUT2D eigenvalue weighted by Gasteiger charge is 2.23. The second-order valence-electron chi connectivity index (χ2n) is 5.16. The van der Waals surface area contributed by atoms with Crippen LogP contribution in [0, 0.1) is 6.92 Å². The summed E-state index contributed by atoms with van der Waals surface area (Å²) in [5.74, 6) is 0.825. The highest BCUT2D eigenvalue weighted by atomic mass is 79.9. The number of halogens is 1. The number of hydrogen-bond donors (Lipinski definition) is 0. The zero-order chi connectivity index (χ0) is 12.1. The quantitative estimate of drug-likeness (QED) is 0.742. The van der Waals surface area contributed by atoms with Crippen molar-refractivity contribution in [2.24, 2.45) is 7.05 Å². The van der Waals surface area contributed by atoms with E-state index in [1.807, 2.05) is 24.7 Å². The van der Waals surface area contributed by atoms with Crippen molar-refractivity contribution in [2.45, 2.75) is 33.1 Å². The predicted molar refractivity (Wildman–Crippen MR) is 69.6 cm³/mol. The van der Waals surface area contributed by atoms with Crippen LogP contribution in [0.5, 0.6) is 0 Å². The lowest BCUT2D eigenvalue weighted by Crippen LogP contribution is -2.15. The number of nitrogens with zero attached hydrogens (tertiary/aromatic N) is 3. The molecule has 0 unspecified atom stereocenters. The summed E-state index contributed by atoms with van der Waals surface area (Å²) < 4.78 is 3.10. The zero-order valence-corrected chi connectivity index (χ0v) is 11.9. The third-order valence-corrected chi connectivity index (χ3v) is 3.19. The minimum Gasteiger partial charge on any atom is -0.334 e. The van der Waals surface area contributed by atoms with Crippen LogP contribution >= 0.6 is 15.9 Å². The van der Waals surface area contributed by atoms with E-state index < -0.39 is 0 Å². The van der Waals surface area contributed by atoms with E-state index in [-0.39, 0.29) is 5.41 Å². The summed E-state index contributed by atoms with van der Waals surface area (Å²) in [7, 11) is 2.01. The molecule has 2 heterocycles. The average molecular weight is 282 g/mol. The van der Waals surface area contributed by atoms with Crippen molar-refractivity contribution < 1.29 is 0 Å². The van der Waals surface area contributed by atoms with Crippen LogP contribution in [0.4, 0.5) is 0 Å². The fourth-order valence-corrected chi connectivity index (χ4v) is 2.54. The Morgan fingerprint density at radius 1 is 1.25 bits per heavy atom. The first kappa shape index (κ1) is 11.6. The molecule has 0 bridgehead atoms. The summed E-state index contributed by atoms with van der Waals surface area (Å²) in [6, 6.07) is 0. The lowest BCUT2D eigenvalue weighted by molar-refractivity contribution is 0.571. The third-order valence-electron chi connectivity index (χ3n) is 2.59. The molecule has 2 rings (SSSR count).